The van der Waals surface area contributed by atoms with Crippen molar-refractivity contribution in [3.05, 3.63) is 59.2 Å². The second kappa shape index (κ2) is 12.7. The molecule has 4 N–H and O–H groups in total. The van der Waals surface area contributed by atoms with E-state index in [1.54, 1.807) is 12.1 Å². The lowest BCUT2D eigenvalue weighted by atomic mass is 9.88. The third-order valence-corrected chi connectivity index (χ3v) is 9.17. The molecule has 0 aliphatic carbocycles. The summed E-state index contributed by atoms with van der Waals surface area (Å²) in [5.41, 5.74) is 1.43. The van der Waals surface area contributed by atoms with E-state index in [0.717, 1.165) is 18.4 Å². The van der Waals surface area contributed by atoms with Gasteiger partial charge in [-0.2, -0.15) is 0 Å². The lowest BCUT2D eigenvalue weighted by Gasteiger charge is -2.36. The Kier molecular flexibility index (Phi) is 9.92. The van der Waals surface area contributed by atoms with Gasteiger partial charge in [0, 0.05) is 23.7 Å². The Morgan fingerprint density at radius 1 is 1.13 bits per heavy atom. The number of nitrogens with one attached hydrogen (secondary N) is 2. The summed E-state index contributed by atoms with van der Waals surface area (Å²) >= 11 is 0. The minimum atomic E-state index is -3.73. The number of hydrogen-bond acceptors (Lipinski definition) is 7. The zero-order chi connectivity index (χ0) is 27.9. The van der Waals surface area contributed by atoms with Crippen molar-refractivity contribution in [3.8, 4) is 5.75 Å². The Labute approximate surface area is 224 Å². The van der Waals surface area contributed by atoms with Gasteiger partial charge in [-0.05, 0) is 36.1 Å². The molecule has 1 heterocycles. The number of unbranched alkanes of at least 4 members (excludes halogenated alkanes) is 1. The third-order valence-electron chi connectivity index (χ3n) is 7.22. The van der Waals surface area contributed by atoms with Crippen LogP contribution in [0.5, 0.6) is 5.75 Å². The van der Waals surface area contributed by atoms with Gasteiger partial charge in [-0.25, -0.2) is 8.42 Å². The number of sulfone groups is 1. The number of rotatable bonds is 13. The summed E-state index contributed by atoms with van der Waals surface area (Å²) in [6.45, 7) is 4.15. The fourth-order valence-electron chi connectivity index (χ4n) is 5.15. The second-order valence-electron chi connectivity index (χ2n) is 9.96. The minimum absolute atomic E-state index is 0.0489. The van der Waals surface area contributed by atoms with Gasteiger partial charge >= 0.3 is 11.9 Å². The minimum Gasteiger partial charge on any atom is -0.496 e. The first-order chi connectivity index (χ1) is 18.0. The number of carboxylic acid groups (broad SMARTS) is 2. The number of fused-ring (bicyclic) bond motifs is 1. The van der Waals surface area contributed by atoms with Gasteiger partial charge in [-0.15, -0.1) is 0 Å². The van der Waals surface area contributed by atoms with E-state index < -0.39 is 33.4 Å². The summed E-state index contributed by atoms with van der Waals surface area (Å²) in [6, 6.07) is 11.8. The van der Waals surface area contributed by atoms with Crippen LogP contribution in [0.25, 0.3) is 0 Å². The molecule has 9 nitrogen and oxygen atoms in total. The third kappa shape index (κ3) is 7.12. The Hall–Kier alpha value is -2.95. The quantitative estimate of drug-likeness (QED) is 0.294. The van der Waals surface area contributed by atoms with Gasteiger partial charge in [0.25, 0.3) is 0 Å². The molecule has 208 valence electrons. The highest BCUT2D eigenvalue weighted by Crippen LogP contribution is 2.40. The molecular formula is C28H38N2O7S. The largest absolute Gasteiger partial charge is 0.496 e. The van der Waals surface area contributed by atoms with Crippen LogP contribution >= 0.6 is 0 Å². The van der Waals surface area contributed by atoms with Crippen LogP contribution in [0.2, 0.25) is 0 Å². The molecule has 0 spiro atoms. The second-order valence-corrected chi connectivity index (χ2v) is 11.9. The predicted molar refractivity (Wildman–Crippen MR) is 144 cm³/mol. The molecule has 0 bridgehead atoms. The van der Waals surface area contributed by atoms with Crippen molar-refractivity contribution in [2.24, 2.45) is 0 Å². The van der Waals surface area contributed by atoms with E-state index in [4.69, 9.17) is 4.74 Å². The molecule has 1 aliphatic heterocycles. The van der Waals surface area contributed by atoms with E-state index in [-0.39, 0.29) is 36.1 Å². The van der Waals surface area contributed by atoms with Crippen LogP contribution < -0.4 is 15.4 Å². The van der Waals surface area contributed by atoms with E-state index in [1.807, 2.05) is 37.3 Å². The predicted octanol–water partition coefficient (Wildman–Crippen LogP) is 3.91. The molecule has 0 fully saturated rings. The topological polar surface area (TPSA) is 142 Å². The number of hydrogen-bond donors (Lipinski definition) is 4. The number of benzene rings is 2. The average Bonchev–Trinajstić information content (AvgIpc) is 2.97. The molecule has 0 amide bonds. The smallest absolute Gasteiger partial charge is 0.304 e. The van der Waals surface area contributed by atoms with Crippen molar-refractivity contribution in [2.75, 3.05) is 12.9 Å². The molecule has 38 heavy (non-hydrogen) atoms. The molecule has 10 heteroatoms. The van der Waals surface area contributed by atoms with Crippen LogP contribution in [0.15, 0.2) is 47.4 Å². The molecule has 0 saturated heterocycles. The monoisotopic (exact) mass is 546 g/mol. The molecule has 1 aliphatic rings. The molecule has 0 radical (unpaired) electrons. The first kappa shape index (κ1) is 29.6. The first-order valence-corrected chi connectivity index (χ1v) is 14.6. The van der Waals surface area contributed by atoms with Gasteiger partial charge in [0.05, 0.1) is 36.6 Å². The van der Waals surface area contributed by atoms with Crippen molar-refractivity contribution in [1.29, 1.82) is 0 Å². The molecule has 0 unspecified atom stereocenters. The van der Waals surface area contributed by atoms with Crippen molar-refractivity contribution in [3.63, 3.8) is 0 Å². The highest BCUT2D eigenvalue weighted by molar-refractivity contribution is 7.91. The Morgan fingerprint density at radius 2 is 1.79 bits per heavy atom. The van der Waals surface area contributed by atoms with Gasteiger partial charge < -0.3 is 20.3 Å². The van der Waals surface area contributed by atoms with E-state index in [2.05, 4.69) is 17.6 Å². The van der Waals surface area contributed by atoms with Gasteiger partial charge in [0.15, 0.2) is 9.84 Å². The van der Waals surface area contributed by atoms with Gasteiger partial charge in [-0.1, -0.05) is 57.0 Å². The number of carboxylic acids is 2. The number of ether oxygens (including phenoxy) is 1. The Balaban J connectivity index is 2.12. The van der Waals surface area contributed by atoms with E-state index in [1.165, 1.54) is 7.11 Å². The maximum atomic E-state index is 13.9. The molecule has 3 rings (SSSR count). The van der Waals surface area contributed by atoms with Crippen LogP contribution in [0.3, 0.4) is 0 Å². The normalized spacial score (nSPS) is 20.5. The maximum absolute atomic E-state index is 13.9. The number of carbonyl (C=O) groups is 2. The SMILES string of the molecule is CCCC[C@]1(CC)CS(=O)(=O)c2cc(CNC(CC(=O)O)CC(=O)O)c(OC)cc2[C@H](c2ccccc2)N1. The van der Waals surface area contributed by atoms with Gasteiger partial charge in [0.1, 0.15) is 5.75 Å². The van der Waals surface area contributed by atoms with Crippen LogP contribution in [-0.2, 0) is 26.0 Å². The fraction of sp³-hybridized carbons (Fsp3) is 0.500. The van der Waals surface area contributed by atoms with Gasteiger partial charge in [0.2, 0.25) is 0 Å². The average molecular weight is 547 g/mol. The molecule has 0 saturated carbocycles. The Bertz CT molecular complexity index is 1220. The summed E-state index contributed by atoms with van der Waals surface area (Å²) in [5.74, 6) is -1.86. The molecule has 2 atom stereocenters. The highest BCUT2D eigenvalue weighted by atomic mass is 32.2. The van der Waals surface area contributed by atoms with Crippen LogP contribution in [0, 0.1) is 0 Å². The van der Waals surface area contributed by atoms with Crippen molar-refractivity contribution in [2.45, 2.75) is 81.4 Å². The highest BCUT2D eigenvalue weighted by Gasteiger charge is 2.42. The van der Waals surface area contributed by atoms with Crippen molar-refractivity contribution < 1.29 is 33.0 Å². The summed E-state index contributed by atoms with van der Waals surface area (Å²) in [7, 11) is -2.24. The standard InChI is InChI=1S/C28H38N2O7S/c1-4-6-12-28(5-2)18-38(35,36)24-13-20(17-29-21(14-25(31)32)15-26(33)34)23(37-3)16-22(24)27(30-28)19-10-8-7-9-11-19/h7-11,13,16,21,27,29-30H,4-6,12,14-15,17-18H2,1-3H3,(H,31,32)(H,33,34)/t27-,28+/m0/s1. The van der Waals surface area contributed by atoms with Crippen LogP contribution in [-0.4, -0.2) is 55.0 Å². The van der Waals surface area contributed by atoms with Crippen molar-refractivity contribution in [1.82, 2.24) is 10.6 Å². The lowest BCUT2D eigenvalue weighted by molar-refractivity contribution is -0.139. The Morgan fingerprint density at radius 3 is 2.34 bits per heavy atom. The summed E-state index contributed by atoms with van der Waals surface area (Å²) in [6.07, 6.45) is 2.43. The zero-order valence-corrected chi connectivity index (χ0v) is 23.0. The molecule has 2 aromatic carbocycles. The molecular weight excluding hydrogens is 508 g/mol. The lowest BCUT2D eigenvalue weighted by Crippen LogP contribution is -2.50. The summed E-state index contributed by atoms with van der Waals surface area (Å²) in [4.78, 5) is 22.7. The van der Waals surface area contributed by atoms with E-state index in [9.17, 15) is 28.2 Å². The van der Waals surface area contributed by atoms with E-state index >= 15 is 0 Å². The number of aliphatic carboxylic acids is 2. The van der Waals surface area contributed by atoms with E-state index in [0.29, 0.717) is 29.7 Å². The zero-order valence-electron chi connectivity index (χ0n) is 22.2. The first-order valence-electron chi connectivity index (χ1n) is 13.0. The maximum Gasteiger partial charge on any atom is 0.304 e. The van der Waals surface area contributed by atoms with Crippen molar-refractivity contribution >= 4 is 21.8 Å². The van der Waals surface area contributed by atoms with Crippen LogP contribution in [0.4, 0.5) is 0 Å². The van der Waals surface area contributed by atoms with Gasteiger partial charge in [-0.3, -0.25) is 14.9 Å². The molecule has 2 aromatic rings. The summed E-state index contributed by atoms with van der Waals surface area (Å²) < 4.78 is 33.5. The fourth-order valence-corrected chi connectivity index (χ4v) is 7.32. The summed E-state index contributed by atoms with van der Waals surface area (Å²) in [5, 5.41) is 25.1. The number of methoxy groups -OCH3 is 1. The molecule has 0 aromatic heterocycles. The van der Waals surface area contributed by atoms with Crippen LogP contribution in [0.1, 0.15) is 75.1 Å².